The van der Waals surface area contributed by atoms with Crippen molar-refractivity contribution >= 4 is 28.6 Å². The van der Waals surface area contributed by atoms with Gasteiger partial charge in [0.05, 0.1) is 36.0 Å². The van der Waals surface area contributed by atoms with Crippen molar-refractivity contribution in [3.05, 3.63) is 54.2 Å². The van der Waals surface area contributed by atoms with Crippen LogP contribution in [-0.4, -0.2) is 72.8 Å². The van der Waals surface area contributed by atoms with Crippen molar-refractivity contribution in [2.45, 2.75) is 50.4 Å². The number of halogens is 4. The molecule has 0 saturated carbocycles. The number of benzene rings is 1. The van der Waals surface area contributed by atoms with Crippen LogP contribution in [0.4, 0.5) is 29.1 Å². The standard InChI is InChI=1S/C27H29F4N9O3/c1-13(32)26(42)43-20-7-16(28)15(6-17(20)29)18-5-14(9-40-12-38-21-24(33)36-11-37-25(21)40)19(8-35-18)39-4-2-3-27(34,10-39)22(41)23(30)31/h5-8,11-13,22-23,41H,2-4,9-10,32,34H2,1H3,(H2,33,36,37)/t13?,22-,27-/m1/s1. The van der Waals surface area contributed by atoms with Crippen LogP contribution in [0.3, 0.4) is 0 Å². The van der Waals surface area contributed by atoms with Crippen LogP contribution in [0.15, 0.2) is 37.1 Å². The Hall–Kier alpha value is -4.41. The molecule has 16 heteroatoms. The smallest absolute Gasteiger partial charge is 0.328 e. The molecule has 0 spiro atoms. The van der Waals surface area contributed by atoms with Gasteiger partial charge in [0.15, 0.2) is 23.0 Å². The molecule has 43 heavy (non-hydrogen) atoms. The number of esters is 1. The van der Waals surface area contributed by atoms with E-state index in [1.165, 1.54) is 31.8 Å². The third-order valence-corrected chi connectivity index (χ3v) is 7.34. The highest BCUT2D eigenvalue weighted by atomic mass is 19.3. The van der Waals surface area contributed by atoms with E-state index < -0.39 is 47.5 Å². The summed E-state index contributed by atoms with van der Waals surface area (Å²) >= 11 is 0. The molecule has 3 aromatic heterocycles. The quantitative estimate of drug-likeness (QED) is 0.131. The van der Waals surface area contributed by atoms with Crippen LogP contribution in [0.25, 0.3) is 22.4 Å². The fourth-order valence-electron chi connectivity index (χ4n) is 5.06. The highest BCUT2D eigenvalue weighted by molar-refractivity contribution is 5.81. The van der Waals surface area contributed by atoms with E-state index in [2.05, 4.69) is 19.9 Å². The molecule has 4 heterocycles. The molecule has 1 saturated heterocycles. The predicted octanol–water partition coefficient (Wildman–Crippen LogP) is 1.97. The van der Waals surface area contributed by atoms with Gasteiger partial charge in [0.25, 0.3) is 6.43 Å². The van der Waals surface area contributed by atoms with Gasteiger partial charge in [-0.1, -0.05) is 0 Å². The Balaban J connectivity index is 1.57. The Morgan fingerprint density at radius 3 is 2.65 bits per heavy atom. The lowest BCUT2D eigenvalue weighted by Gasteiger charge is -2.44. The Morgan fingerprint density at radius 1 is 1.16 bits per heavy atom. The maximum absolute atomic E-state index is 15.2. The first-order chi connectivity index (χ1) is 20.4. The second-order valence-corrected chi connectivity index (χ2v) is 10.5. The highest BCUT2D eigenvalue weighted by Crippen LogP contribution is 2.35. The lowest BCUT2D eigenvalue weighted by molar-refractivity contribution is -0.135. The molecule has 1 aliphatic rings. The van der Waals surface area contributed by atoms with Gasteiger partial charge in [-0.3, -0.25) is 4.98 Å². The van der Waals surface area contributed by atoms with E-state index in [0.29, 0.717) is 35.4 Å². The second kappa shape index (κ2) is 11.7. The van der Waals surface area contributed by atoms with Crippen LogP contribution >= 0.6 is 0 Å². The molecular weight excluding hydrogens is 574 g/mol. The molecule has 0 radical (unpaired) electrons. The number of carbonyl (C=O) groups is 1. The first-order valence-corrected chi connectivity index (χ1v) is 13.2. The fraction of sp³-hybridized carbons (Fsp3) is 0.370. The number of aliphatic hydroxyl groups excluding tert-OH is 1. The summed E-state index contributed by atoms with van der Waals surface area (Å²) in [6.07, 6.45) is -0.383. The third-order valence-electron chi connectivity index (χ3n) is 7.34. The maximum atomic E-state index is 15.2. The van der Waals surface area contributed by atoms with Gasteiger partial charge in [0, 0.05) is 24.7 Å². The number of rotatable bonds is 8. The number of alkyl halides is 2. The molecular formula is C27H29F4N9O3. The molecule has 4 aromatic rings. The Morgan fingerprint density at radius 2 is 1.93 bits per heavy atom. The molecule has 1 aliphatic heterocycles. The minimum atomic E-state index is -3.04. The van der Waals surface area contributed by atoms with Crippen LogP contribution in [0.5, 0.6) is 5.75 Å². The number of hydrogen-bond donors (Lipinski definition) is 4. The summed E-state index contributed by atoms with van der Waals surface area (Å²) in [5.41, 5.74) is 17.5. The zero-order chi connectivity index (χ0) is 31.1. The largest absolute Gasteiger partial charge is 0.422 e. The van der Waals surface area contributed by atoms with Gasteiger partial charge in [0.1, 0.15) is 29.8 Å². The molecule has 7 N–H and O–H groups in total. The number of fused-ring (bicyclic) bond motifs is 1. The van der Waals surface area contributed by atoms with Gasteiger partial charge in [-0.2, -0.15) is 0 Å². The zero-order valence-electron chi connectivity index (χ0n) is 22.9. The number of piperidine rings is 1. The molecule has 3 atom stereocenters. The SMILES string of the molecule is CC(N)C(=O)Oc1cc(F)c(-c2cc(Cn3cnc4c(N)ncnc43)c(N3CCC[C@](N)([C@H](O)C(F)F)C3)cn2)cc1F. The predicted molar refractivity (Wildman–Crippen MR) is 148 cm³/mol. The Labute approximate surface area is 242 Å². The Bertz CT molecular complexity index is 1670. The molecule has 1 fully saturated rings. The maximum Gasteiger partial charge on any atom is 0.328 e. The second-order valence-electron chi connectivity index (χ2n) is 10.5. The van der Waals surface area contributed by atoms with Crippen LogP contribution in [0.2, 0.25) is 0 Å². The van der Waals surface area contributed by atoms with E-state index in [9.17, 15) is 23.1 Å². The van der Waals surface area contributed by atoms with Gasteiger partial charge in [-0.05, 0) is 37.5 Å². The molecule has 0 aliphatic carbocycles. The Kier molecular flexibility index (Phi) is 8.18. The summed E-state index contributed by atoms with van der Waals surface area (Å²) in [4.78, 5) is 30.3. The van der Waals surface area contributed by atoms with Gasteiger partial charge < -0.3 is 36.5 Å². The third kappa shape index (κ3) is 5.93. The van der Waals surface area contributed by atoms with Crippen LogP contribution in [-0.2, 0) is 11.3 Å². The number of aliphatic hydroxyl groups is 1. The molecule has 228 valence electrons. The number of ether oxygens (including phenoxy) is 1. The highest BCUT2D eigenvalue weighted by Gasteiger charge is 2.43. The minimum Gasteiger partial charge on any atom is -0.422 e. The van der Waals surface area contributed by atoms with Crippen molar-refractivity contribution in [1.29, 1.82) is 0 Å². The average molecular weight is 604 g/mol. The van der Waals surface area contributed by atoms with Gasteiger partial charge in [-0.25, -0.2) is 37.3 Å². The van der Waals surface area contributed by atoms with E-state index in [0.717, 1.165) is 12.1 Å². The normalized spacial score (nSPS) is 18.7. The summed E-state index contributed by atoms with van der Waals surface area (Å²) in [5, 5.41) is 10.2. The van der Waals surface area contributed by atoms with Crippen molar-refractivity contribution in [1.82, 2.24) is 24.5 Å². The van der Waals surface area contributed by atoms with Crippen molar-refractivity contribution in [3.8, 4) is 17.0 Å². The first-order valence-electron chi connectivity index (χ1n) is 13.2. The van der Waals surface area contributed by atoms with E-state index >= 15 is 4.39 Å². The molecule has 12 nitrogen and oxygen atoms in total. The fourth-order valence-corrected chi connectivity index (χ4v) is 5.06. The zero-order valence-corrected chi connectivity index (χ0v) is 22.9. The van der Waals surface area contributed by atoms with Crippen molar-refractivity contribution in [2.75, 3.05) is 23.7 Å². The van der Waals surface area contributed by atoms with E-state index in [1.54, 1.807) is 9.47 Å². The van der Waals surface area contributed by atoms with Crippen LogP contribution in [0, 0.1) is 11.6 Å². The van der Waals surface area contributed by atoms with E-state index in [4.69, 9.17) is 21.9 Å². The first kappa shape index (κ1) is 30.1. The molecule has 5 rings (SSSR count). The summed E-state index contributed by atoms with van der Waals surface area (Å²) < 4.78 is 63.6. The summed E-state index contributed by atoms with van der Waals surface area (Å²) in [6.45, 7) is 1.71. The monoisotopic (exact) mass is 603 g/mol. The summed E-state index contributed by atoms with van der Waals surface area (Å²) in [6, 6.07) is 2.02. The summed E-state index contributed by atoms with van der Waals surface area (Å²) in [7, 11) is 0. The number of pyridine rings is 1. The number of nitrogens with zero attached hydrogens (tertiary/aromatic N) is 6. The van der Waals surface area contributed by atoms with Crippen molar-refractivity contribution in [3.63, 3.8) is 0 Å². The topological polar surface area (TPSA) is 184 Å². The van der Waals surface area contributed by atoms with E-state index in [1.807, 2.05) is 0 Å². The average Bonchev–Trinajstić information content (AvgIpc) is 3.38. The lowest BCUT2D eigenvalue weighted by atomic mass is 9.84. The van der Waals surface area contributed by atoms with Crippen molar-refractivity contribution < 1.29 is 32.2 Å². The van der Waals surface area contributed by atoms with Crippen molar-refractivity contribution in [2.24, 2.45) is 11.5 Å². The molecule has 0 amide bonds. The number of imidazole rings is 1. The number of anilines is 2. The minimum absolute atomic E-state index is 0.0300. The van der Waals surface area contributed by atoms with Gasteiger partial charge in [0.2, 0.25) is 0 Å². The number of nitrogens with two attached hydrogens (primary N) is 3. The van der Waals surface area contributed by atoms with Crippen LogP contribution in [0.1, 0.15) is 25.3 Å². The van der Waals surface area contributed by atoms with E-state index in [-0.39, 0.29) is 36.6 Å². The number of nitrogen functional groups attached to an aromatic ring is 1. The van der Waals surface area contributed by atoms with Gasteiger partial charge in [-0.15, -0.1) is 0 Å². The molecule has 1 unspecified atom stereocenters. The van der Waals surface area contributed by atoms with Crippen LogP contribution < -0.4 is 26.8 Å². The lowest BCUT2D eigenvalue weighted by Crippen LogP contribution is -2.63. The number of aromatic nitrogens is 5. The molecule has 1 aromatic carbocycles. The summed E-state index contributed by atoms with van der Waals surface area (Å²) in [5.74, 6) is -3.36. The van der Waals surface area contributed by atoms with Gasteiger partial charge >= 0.3 is 5.97 Å². The molecule has 0 bridgehead atoms. The number of carbonyl (C=O) groups excluding carboxylic acids is 1. The number of hydrogen-bond acceptors (Lipinski definition) is 11.